The summed E-state index contributed by atoms with van der Waals surface area (Å²) in [5.41, 5.74) is 9.92. The molecule has 0 bridgehead atoms. The van der Waals surface area contributed by atoms with Crippen LogP contribution in [0, 0.1) is 0 Å². The molecule has 0 fully saturated rings. The van der Waals surface area contributed by atoms with Crippen molar-refractivity contribution in [2.24, 2.45) is 5.73 Å². The van der Waals surface area contributed by atoms with Crippen molar-refractivity contribution in [2.75, 3.05) is 6.54 Å². The molecule has 0 spiro atoms. The number of hydrogen-bond donors (Lipinski definition) is 2. The van der Waals surface area contributed by atoms with Crippen LogP contribution in [0.5, 0.6) is 0 Å². The largest absolute Gasteiger partial charge is 0.478 e. The first-order valence-electron chi connectivity index (χ1n) is 7.29. The molecule has 0 aliphatic heterocycles. The zero-order valence-electron chi connectivity index (χ0n) is 11.6. The van der Waals surface area contributed by atoms with Gasteiger partial charge in [0.05, 0.1) is 5.56 Å². The van der Waals surface area contributed by atoms with Crippen LogP contribution in [0.1, 0.15) is 40.9 Å². The van der Waals surface area contributed by atoms with E-state index in [0.717, 1.165) is 36.7 Å². The standard InChI is InChI=1S/C16H20N2O2/c17-8-3-9-18-14-5-2-1-4-12(14)13-10-11(16(19)20)6-7-15(13)18/h6-7,10H,1-5,8-9,17H2,(H,19,20). The predicted octanol–water partition coefficient (Wildman–Crippen LogP) is 2.57. The van der Waals surface area contributed by atoms with Crippen LogP contribution in [0.25, 0.3) is 10.9 Å². The molecule has 2 aromatic rings. The summed E-state index contributed by atoms with van der Waals surface area (Å²) in [7, 11) is 0. The van der Waals surface area contributed by atoms with E-state index in [0.29, 0.717) is 12.1 Å². The van der Waals surface area contributed by atoms with E-state index in [2.05, 4.69) is 4.57 Å². The van der Waals surface area contributed by atoms with Crippen LogP contribution >= 0.6 is 0 Å². The van der Waals surface area contributed by atoms with Crippen molar-refractivity contribution in [1.29, 1.82) is 0 Å². The summed E-state index contributed by atoms with van der Waals surface area (Å²) in [6.07, 6.45) is 5.52. The van der Waals surface area contributed by atoms with Crippen molar-refractivity contribution in [2.45, 2.75) is 38.6 Å². The number of carboxylic acid groups (broad SMARTS) is 1. The molecule has 0 unspecified atom stereocenters. The number of benzene rings is 1. The van der Waals surface area contributed by atoms with Crippen LogP contribution in [-0.2, 0) is 19.4 Å². The highest BCUT2D eigenvalue weighted by molar-refractivity contribution is 5.95. The van der Waals surface area contributed by atoms with Crippen LogP contribution in [0.4, 0.5) is 0 Å². The monoisotopic (exact) mass is 272 g/mol. The van der Waals surface area contributed by atoms with Gasteiger partial charge in [-0.3, -0.25) is 0 Å². The normalized spacial score (nSPS) is 14.4. The molecule has 1 heterocycles. The Morgan fingerprint density at radius 1 is 1.30 bits per heavy atom. The molecule has 0 atom stereocenters. The fourth-order valence-electron chi connectivity index (χ4n) is 3.27. The second-order valence-corrected chi connectivity index (χ2v) is 5.46. The van der Waals surface area contributed by atoms with E-state index in [9.17, 15) is 9.90 Å². The van der Waals surface area contributed by atoms with Gasteiger partial charge < -0.3 is 15.4 Å². The molecular formula is C16H20N2O2. The second kappa shape index (κ2) is 5.29. The number of aromatic carboxylic acids is 1. The molecule has 4 nitrogen and oxygen atoms in total. The van der Waals surface area contributed by atoms with Crippen LogP contribution in [-0.4, -0.2) is 22.2 Å². The summed E-state index contributed by atoms with van der Waals surface area (Å²) >= 11 is 0. The fourth-order valence-corrected chi connectivity index (χ4v) is 3.27. The Kier molecular flexibility index (Phi) is 3.49. The maximum Gasteiger partial charge on any atom is 0.335 e. The third-order valence-corrected chi connectivity index (χ3v) is 4.21. The first kappa shape index (κ1) is 13.2. The van der Waals surface area contributed by atoms with Crippen LogP contribution in [0.15, 0.2) is 18.2 Å². The summed E-state index contributed by atoms with van der Waals surface area (Å²) in [5, 5.41) is 10.3. The van der Waals surface area contributed by atoms with Gasteiger partial charge in [-0.05, 0) is 62.4 Å². The number of rotatable bonds is 4. The molecule has 20 heavy (non-hydrogen) atoms. The highest BCUT2D eigenvalue weighted by Gasteiger charge is 2.20. The van der Waals surface area contributed by atoms with E-state index in [1.165, 1.54) is 24.1 Å². The predicted molar refractivity (Wildman–Crippen MR) is 79.2 cm³/mol. The first-order valence-corrected chi connectivity index (χ1v) is 7.29. The third-order valence-electron chi connectivity index (χ3n) is 4.21. The molecule has 1 aromatic heterocycles. The fraction of sp³-hybridized carbons (Fsp3) is 0.438. The lowest BCUT2D eigenvalue weighted by atomic mass is 9.95. The van der Waals surface area contributed by atoms with E-state index in [4.69, 9.17) is 5.73 Å². The highest BCUT2D eigenvalue weighted by Crippen LogP contribution is 2.33. The van der Waals surface area contributed by atoms with Crippen LogP contribution in [0.3, 0.4) is 0 Å². The Morgan fingerprint density at radius 3 is 2.85 bits per heavy atom. The molecule has 3 N–H and O–H groups in total. The maximum absolute atomic E-state index is 11.2. The zero-order chi connectivity index (χ0) is 14.1. The molecule has 0 saturated heterocycles. The number of fused-ring (bicyclic) bond motifs is 3. The summed E-state index contributed by atoms with van der Waals surface area (Å²) in [6.45, 7) is 1.61. The topological polar surface area (TPSA) is 68.2 Å². The van der Waals surface area contributed by atoms with Gasteiger partial charge in [0.15, 0.2) is 0 Å². The van der Waals surface area contributed by atoms with Gasteiger partial charge in [0.25, 0.3) is 0 Å². The summed E-state index contributed by atoms with van der Waals surface area (Å²) in [4.78, 5) is 11.2. The average Bonchev–Trinajstić information content (AvgIpc) is 2.78. The van der Waals surface area contributed by atoms with Crippen molar-refractivity contribution >= 4 is 16.9 Å². The molecule has 3 rings (SSSR count). The van der Waals surface area contributed by atoms with Gasteiger partial charge in [0.2, 0.25) is 0 Å². The lowest BCUT2D eigenvalue weighted by Gasteiger charge is -2.15. The molecule has 1 aliphatic rings. The Morgan fingerprint density at radius 2 is 2.10 bits per heavy atom. The van der Waals surface area contributed by atoms with E-state index < -0.39 is 5.97 Å². The Balaban J connectivity index is 2.19. The number of hydrogen-bond acceptors (Lipinski definition) is 2. The second-order valence-electron chi connectivity index (χ2n) is 5.46. The molecule has 0 amide bonds. The number of aromatic nitrogens is 1. The Labute approximate surface area is 118 Å². The minimum atomic E-state index is -0.855. The van der Waals surface area contributed by atoms with Gasteiger partial charge in [-0.25, -0.2) is 4.79 Å². The molecule has 0 saturated carbocycles. The summed E-state index contributed by atoms with van der Waals surface area (Å²) in [5.74, 6) is -0.855. The quantitative estimate of drug-likeness (QED) is 0.898. The van der Waals surface area contributed by atoms with Crippen LogP contribution in [0.2, 0.25) is 0 Å². The highest BCUT2D eigenvalue weighted by atomic mass is 16.4. The number of nitrogens with zero attached hydrogens (tertiary/aromatic N) is 1. The summed E-state index contributed by atoms with van der Waals surface area (Å²) < 4.78 is 2.35. The molecule has 1 aliphatic carbocycles. The van der Waals surface area contributed by atoms with Gasteiger partial charge in [-0.1, -0.05) is 0 Å². The van der Waals surface area contributed by atoms with Crippen molar-refractivity contribution in [1.82, 2.24) is 4.57 Å². The Bertz CT molecular complexity index is 658. The van der Waals surface area contributed by atoms with E-state index in [1.54, 1.807) is 6.07 Å². The van der Waals surface area contributed by atoms with Crippen molar-refractivity contribution in [3.05, 3.63) is 35.0 Å². The van der Waals surface area contributed by atoms with Gasteiger partial charge in [-0.2, -0.15) is 0 Å². The molecular weight excluding hydrogens is 252 g/mol. The lowest BCUT2D eigenvalue weighted by molar-refractivity contribution is 0.0697. The van der Waals surface area contributed by atoms with Crippen molar-refractivity contribution in [3.63, 3.8) is 0 Å². The smallest absolute Gasteiger partial charge is 0.335 e. The number of nitrogens with two attached hydrogens (primary N) is 1. The number of carbonyl (C=O) groups is 1. The molecule has 106 valence electrons. The summed E-state index contributed by atoms with van der Waals surface area (Å²) in [6, 6.07) is 5.49. The minimum Gasteiger partial charge on any atom is -0.478 e. The number of aryl methyl sites for hydroxylation is 2. The maximum atomic E-state index is 11.2. The van der Waals surface area contributed by atoms with Gasteiger partial charge in [-0.15, -0.1) is 0 Å². The van der Waals surface area contributed by atoms with E-state index >= 15 is 0 Å². The average molecular weight is 272 g/mol. The van der Waals surface area contributed by atoms with E-state index in [1.807, 2.05) is 12.1 Å². The van der Waals surface area contributed by atoms with Crippen molar-refractivity contribution in [3.8, 4) is 0 Å². The van der Waals surface area contributed by atoms with E-state index in [-0.39, 0.29) is 0 Å². The lowest BCUT2D eigenvalue weighted by Crippen LogP contribution is -2.11. The molecule has 4 heteroatoms. The van der Waals surface area contributed by atoms with Gasteiger partial charge in [0, 0.05) is 23.1 Å². The molecule has 0 radical (unpaired) electrons. The number of carboxylic acids is 1. The van der Waals surface area contributed by atoms with Crippen molar-refractivity contribution < 1.29 is 9.90 Å². The minimum absolute atomic E-state index is 0.377. The first-order chi connectivity index (χ1) is 9.72. The Hall–Kier alpha value is -1.81. The van der Waals surface area contributed by atoms with Gasteiger partial charge >= 0.3 is 5.97 Å². The van der Waals surface area contributed by atoms with Gasteiger partial charge in [0.1, 0.15) is 0 Å². The van der Waals surface area contributed by atoms with Crippen LogP contribution < -0.4 is 5.73 Å². The SMILES string of the molecule is NCCCn1c2c(c3cc(C(=O)O)ccc31)CCCC2. The zero-order valence-corrected chi connectivity index (χ0v) is 11.6. The third kappa shape index (κ3) is 2.10. The molecule has 1 aromatic carbocycles.